The molecule has 0 saturated carbocycles. The number of rotatable bonds is 1. The van der Waals surface area contributed by atoms with Crippen LogP contribution in [0.15, 0.2) is 54.8 Å². The average molecular weight is 237 g/mol. The van der Waals surface area contributed by atoms with E-state index in [-0.39, 0.29) is 0 Å². The topological polar surface area (TPSA) is 12.9 Å². The van der Waals surface area contributed by atoms with E-state index in [0.29, 0.717) is 0 Å². The molecule has 0 unspecified atom stereocenters. The first kappa shape index (κ1) is 12.6. The van der Waals surface area contributed by atoms with E-state index in [4.69, 9.17) is 0 Å². The largest absolute Gasteiger partial charge is 0.256 e. The van der Waals surface area contributed by atoms with Crippen molar-refractivity contribution in [3.05, 3.63) is 60.5 Å². The van der Waals surface area contributed by atoms with E-state index in [1.807, 2.05) is 20.0 Å². The molecule has 0 fully saturated rings. The lowest BCUT2D eigenvalue weighted by atomic mass is 9.99. The van der Waals surface area contributed by atoms with Gasteiger partial charge in [0.1, 0.15) is 0 Å². The molecular weight excluding hydrogens is 218 g/mol. The molecule has 1 heterocycles. The van der Waals surface area contributed by atoms with Gasteiger partial charge in [0.25, 0.3) is 0 Å². The van der Waals surface area contributed by atoms with Crippen molar-refractivity contribution in [1.82, 2.24) is 4.98 Å². The Morgan fingerprint density at radius 1 is 1.00 bits per heavy atom. The summed E-state index contributed by atoms with van der Waals surface area (Å²) < 4.78 is 0. The van der Waals surface area contributed by atoms with Crippen molar-refractivity contribution < 1.29 is 0 Å². The molecule has 0 bridgehead atoms. The monoisotopic (exact) mass is 237 g/mol. The fraction of sp³-hybridized carbons (Fsp3) is 0.235. The Bertz CT molecular complexity index is 574. The predicted octanol–water partition coefficient (Wildman–Crippen LogP) is 4.99. The van der Waals surface area contributed by atoms with Gasteiger partial charge in [0.2, 0.25) is 0 Å². The molecule has 18 heavy (non-hydrogen) atoms. The summed E-state index contributed by atoms with van der Waals surface area (Å²) in [7, 11) is 0. The molecule has 1 aromatic carbocycles. The van der Waals surface area contributed by atoms with Gasteiger partial charge in [-0.15, -0.1) is 0 Å². The Balaban J connectivity index is 0.000000574. The van der Waals surface area contributed by atoms with Crippen LogP contribution in [0.4, 0.5) is 0 Å². The number of hydrogen-bond donors (Lipinski definition) is 0. The molecule has 1 nitrogen and oxygen atoms in total. The van der Waals surface area contributed by atoms with Crippen LogP contribution in [-0.4, -0.2) is 4.98 Å². The lowest BCUT2D eigenvalue weighted by Crippen LogP contribution is -1.91. The highest BCUT2D eigenvalue weighted by molar-refractivity contribution is 5.94. The second-order valence-corrected chi connectivity index (χ2v) is 4.02. The zero-order chi connectivity index (χ0) is 12.8. The maximum atomic E-state index is 4.51. The van der Waals surface area contributed by atoms with Crippen LogP contribution in [0.2, 0.25) is 0 Å². The minimum Gasteiger partial charge on any atom is -0.256 e. The van der Waals surface area contributed by atoms with Crippen molar-refractivity contribution in [2.75, 3.05) is 0 Å². The summed E-state index contributed by atoms with van der Waals surface area (Å²) in [5.41, 5.74) is 2.36. The highest BCUT2D eigenvalue weighted by Crippen LogP contribution is 2.26. The van der Waals surface area contributed by atoms with E-state index in [9.17, 15) is 0 Å². The Kier molecular flexibility index (Phi) is 4.30. The van der Waals surface area contributed by atoms with Crippen molar-refractivity contribution in [2.24, 2.45) is 0 Å². The highest BCUT2D eigenvalue weighted by Gasteiger charge is 2.06. The summed E-state index contributed by atoms with van der Waals surface area (Å²) in [4.78, 5) is 4.51. The maximum Gasteiger partial charge on any atom is 0.0776 e. The van der Waals surface area contributed by atoms with E-state index in [2.05, 4.69) is 53.5 Å². The summed E-state index contributed by atoms with van der Waals surface area (Å²) in [5, 5.41) is 2.50. The second kappa shape index (κ2) is 6.15. The number of pyridine rings is 1. The molecular formula is C17H19N. The first-order valence-electron chi connectivity index (χ1n) is 6.66. The van der Waals surface area contributed by atoms with E-state index < -0.39 is 0 Å². The lowest BCUT2D eigenvalue weighted by Gasteiger charge is -2.09. The summed E-state index contributed by atoms with van der Waals surface area (Å²) in [5.74, 6) is 0. The van der Waals surface area contributed by atoms with Crippen LogP contribution < -0.4 is 0 Å². The Morgan fingerprint density at radius 2 is 1.83 bits per heavy atom. The van der Waals surface area contributed by atoms with Gasteiger partial charge in [-0.3, -0.25) is 4.98 Å². The van der Waals surface area contributed by atoms with Gasteiger partial charge in [-0.25, -0.2) is 0 Å². The number of hydrogen-bond acceptors (Lipinski definition) is 1. The van der Waals surface area contributed by atoms with Gasteiger partial charge < -0.3 is 0 Å². The Labute approximate surface area is 109 Å². The molecule has 1 aliphatic carbocycles. The second-order valence-electron chi connectivity index (χ2n) is 4.02. The minimum absolute atomic E-state index is 1.11. The SMILES string of the molecule is C1=CC(c2nccc3ccccc23)=CCC1.CC. The van der Waals surface area contributed by atoms with Crippen LogP contribution >= 0.6 is 0 Å². The summed E-state index contributed by atoms with van der Waals surface area (Å²) in [6.07, 6.45) is 10.8. The van der Waals surface area contributed by atoms with Crippen LogP contribution in [0.1, 0.15) is 32.4 Å². The average Bonchev–Trinajstić information content (AvgIpc) is 2.50. The zero-order valence-electron chi connectivity index (χ0n) is 11.1. The number of aromatic nitrogens is 1. The maximum absolute atomic E-state index is 4.51. The molecule has 0 aliphatic heterocycles. The van der Waals surface area contributed by atoms with Crippen LogP contribution in [-0.2, 0) is 0 Å². The number of benzene rings is 1. The van der Waals surface area contributed by atoms with Gasteiger partial charge in [0.05, 0.1) is 5.69 Å². The quantitative estimate of drug-likeness (QED) is 0.680. The molecule has 92 valence electrons. The summed E-state index contributed by atoms with van der Waals surface area (Å²) in [6.45, 7) is 4.00. The van der Waals surface area contributed by atoms with E-state index >= 15 is 0 Å². The number of fused-ring (bicyclic) bond motifs is 1. The first-order valence-corrected chi connectivity index (χ1v) is 6.66. The fourth-order valence-corrected chi connectivity index (χ4v) is 2.14. The normalized spacial score (nSPS) is 13.8. The van der Waals surface area contributed by atoms with Gasteiger partial charge >= 0.3 is 0 Å². The summed E-state index contributed by atoms with van der Waals surface area (Å²) >= 11 is 0. The third-order valence-corrected chi connectivity index (χ3v) is 2.94. The van der Waals surface area contributed by atoms with E-state index in [1.165, 1.54) is 16.3 Å². The van der Waals surface area contributed by atoms with Crippen LogP contribution in [0, 0.1) is 0 Å². The lowest BCUT2D eigenvalue weighted by molar-refractivity contribution is 1.04. The smallest absolute Gasteiger partial charge is 0.0776 e. The molecule has 0 atom stereocenters. The molecule has 0 amide bonds. The minimum atomic E-state index is 1.11. The molecule has 1 heteroatoms. The highest BCUT2D eigenvalue weighted by atomic mass is 14.7. The van der Waals surface area contributed by atoms with E-state index in [1.54, 1.807) is 0 Å². The molecule has 0 N–H and O–H groups in total. The Morgan fingerprint density at radius 3 is 2.61 bits per heavy atom. The van der Waals surface area contributed by atoms with Crippen molar-refractivity contribution in [1.29, 1.82) is 0 Å². The zero-order valence-corrected chi connectivity index (χ0v) is 11.1. The van der Waals surface area contributed by atoms with Crippen LogP contribution in [0.25, 0.3) is 16.3 Å². The van der Waals surface area contributed by atoms with Crippen molar-refractivity contribution in [3.8, 4) is 0 Å². The van der Waals surface area contributed by atoms with Crippen molar-refractivity contribution >= 4 is 16.3 Å². The van der Waals surface area contributed by atoms with Crippen molar-refractivity contribution in [2.45, 2.75) is 26.7 Å². The fourth-order valence-electron chi connectivity index (χ4n) is 2.14. The molecule has 0 spiro atoms. The molecule has 0 radical (unpaired) electrons. The van der Waals surface area contributed by atoms with Gasteiger partial charge in [-0.2, -0.15) is 0 Å². The van der Waals surface area contributed by atoms with Crippen LogP contribution in [0.3, 0.4) is 0 Å². The van der Waals surface area contributed by atoms with Crippen molar-refractivity contribution in [3.63, 3.8) is 0 Å². The van der Waals surface area contributed by atoms with Gasteiger partial charge in [0, 0.05) is 11.6 Å². The van der Waals surface area contributed by atoms with E-state index in [0.717, 1.165) is 18.5 Å². The third kappa shape index (κ3) is 2.51. The van der Waals surface area contributed by atoms with Crippen LogP contribution in [0.5, 0.6) is 0 Å². The Hall–Kier alpha value is -1.89. The van der Waals surface area contributed by atoms with Gasteiger partial charge in [-0.1, -0.05) is 56.3 Å². The molecule has 1 aromatic heterocycles. The molecule has 1 aliphatic rings. The molecule has 2 aromatic rings. The first-order chi connectivity index (χ1) is 8.95. The number of allylic oxidation sites excluding steroid dienone is 4. The summed E-state index contributed by atoms with van der Waals surface area (Å²) in [6, 6.07) is 10.5. The number of nitrogens with zero attached hydrogens (tertiary/aromatic N) is 1. The third-order valence-electron chi connectivity index (χ3n) is 2.94. The standard InChI is InChI=1S/C15H13N.C2H6/c1-2-7-13(8-3-1)15-14-9-5-4-6-12(14)10-11-16-15;1-2/h2,4-11H,1,3H2;1-2H3. The molecule has 0 saturated heterocycles. The van der Waals surface area contributed by atoms with Gasteiger partial charge in [-0.05, 0) is 29.9 Å². The predicted molar refractivity (Wildman–Crippen MR) is 79.4 cm³/mol. The molecule has 3 rings (SSSR count). The van der Waals surface area contributed by atoms with Gasteiger partial charge in [0.15, 0.2) is 0 Å².